The Kier molecular flexibility index (Phi) is 6.15. The van der Waals surface area contributed by atoms with Gasteiger partial charge in [-0.3, -0.25) is 4.90 Å². The number of piperidine rings is 1. The fraction of sp³-hybridized carbons (Fsp3) is 0.818. The molecule has 1 unspecified atom stereocenters. The average Bonchev–Trinajstić information content (AvgIpc) is 2.21. The summed E-state index contributed by atoms with van der Waals surface area (Å²) in [5.74, 6) is 0. The number of alkyl halides is 1. The van der Waals surface area contributed by atoms with Crippen LogP contribution in [0.4, 0.5) is 0 Å². The first-order valence-corrected chi connectivity index (χ1v) is 6.89. The number of halogens is 2. The molecule has 0 aliphatic carbocycles. The van der Waals surface area contributed by atoms with Crippen LogP contribution in [0, 0.1) is 0 Å². The Labute approximate surface area is 101 Å². The molecule has 0 N–H and O–H groups in total. The SMILES string of the molecule is CC(=CCl)CN1CCCCC1CCBr. The van der Waals surface area contributed by atoms with Crippen LogP contribution in [0.2, 0.25) is 0 Å². The molecule has 1 aliphatic rings. The molecule has 1 rings (SSSR count). The predicted molar refractivity (Wildman–Crippen MR) is 67.2 cm³/mol. The third-order valence-corrected chi connectivity index (χ3v) is 3.66. The van der Waals surface area contributed by atoms with Crippen molar-refractivity contribution in [3.63, 3.8) is 0 Å². The Bertz CT molecular complexity index is 192. The van der Waals surface area contributed by atoms with E-state index in [2.05, 4.69) is 27.8 Å². The standard InChI is InChI=1S/C11H19BrClN/c1-10(8-13)9-14-7-3-2-4-11(14)5-6-12/h8,11H,2-7,9H2,1H3. The minimum atomic E-state index is 0.759. The van der Waals surface area contributed by atoms with E-state index in [1.165, 1.54) is 37.8 Å². The minimum absolute atomic E-state index is 0.759. The summed E-state index contributed by atoms with van der Waals surface area (Å²) in [6, 6.07) is 0.759. The summed E-state index contributed by atoms with van der Waals surface area (Å²) < 4.78 is 0. The molecule has 1 aliphatic heterocycles. The van der Waals surface area contributed by atoms with Crippen LogP contribution in [0.1, 0.15) is 32.6 Å². The topological polar surface area (TPSA) is 3.24 Å². The zero-order valence-corrected chi connectivity index (χ0v) is 11.1. The molecule has 0 radical (unpaired) electrons. The van der Waals surface area contributed by atoms with E-state index < -0.39 is 0 Å². The van der Waals surface area contributed by atoms with Crippen LogP contribution in [0.3, 0.4) is 0 Å². The molecule has 1 saturated heterocycles. The molecule has 0 spiro atoms. The van der Waals surface area contributed by atoms with Crippen LogP contribution in [-0.2, 0) is 0 Å². The van der Waals surface area contributed by atoms with Gasteiger partial charge in [-0.25, -0.2) is 0 Å². The molecule has 1 nitrogen and oxygen atoms in total. The summed E-state index contributed by atoms with van der Waals surface area (Å²) in [5, 5.41) is 1.11. The van der Waals surface area contributed by atoms with Crippen molar-refractivity contribution in [2.75, 3.05) is 18.4 Å². The molecule has 82 valence electrons. The normalized spacial score (nSPS) is 25.4. The van der Waals surface area contributed by atoms with Gasteiger partial charge in [-0.2, -0.15) is 0 Å². The van der Waals surface area contributed by atoms with Gasteiger partial charge in [0, 0.05) is 23.5 Å². The van der Waals surface area contributed by atoms with E-state index in [4.69, 9.17) is 11.6 Å². The third-order valence-electron chi connectivity index (χ3n) is 2.83. The van der Waals surface area contributed by atoms with Gasteiger partial charge in [0.05, 0.1) is 0 Å². The largest absolute Gasteiger partial charge is 0.296 e. The molecule has 0 aromatic rings. The minimum Gasteiger partial charge on any atom is -0.296 e. The van der Waals surface area contributed by atoms with E-state index in [9.17, 15) is 0 Å². The van der Waals surface area contributed by atoms with Crippen LogP contribution in [-0.4, -0.2) is 29.4 Å². The predicted octanol–water partition coefficient (Wildman–Crippen LogP) is 3.77. The molecule has 14 heavy (non-hydrogen) atoms. The van der Waals surface area contributed by atoms with E-state index in [0.717, 1.165) is 17.9 Å². The highest BCUT2D eigenvalue weighted by atomic mass is 79.9. The van der Waals surface area contributed by atoms with E-state index in [0.29, 0.717) is 0 Å². The molecule has 0 bridgehead atoms. The van der Waals surface area contributed by atoms with Crippen LogP contribution >= 0.6 is 27.5 Å². The first-order valence-electron chi connectivity index (χ1n) is 5.33. The van der Waals surface area contributed by atoms with Crippen molar-refractivity contribution in [2.24, 2.45) is 0 Å². The second kappa shape index (κ2) is 6.86. The van der Waals surface area contributed by atoms with Gasteiger partial charge < -0.3 is 0 Å². The quantitative estimate of drug-likeness (QED) is 0.709. The van der Waals surface area contributed by atoms with Gasteiger partial charge in [-0.15, -0.1) is 0 Å². The number of hydrogen-bond donors (Lipinski definition) is 0. The zero-order chi connectivity index (χ0) is 10.4. The first kappa shape index (κ1) is 12.5. The number of nitrogens with zero attached hydrogens (tertiary/aromatic N) is 1. The van der Waals surface area contributed by atoms with Crippen LogP contribution in [0.25, 0.3) is 0 Å². The lowest BCUT2D eigenvalue weighted by atomic mass is 9.99. The van der Waals surface area contributed by atoms with Gasteiger partial charge in [0.2, 0.25) is 0 Å². The maximum atomic E-state index is 5.70. The lowest BCUT2D eigenvalue weighted by Crippen LogP contribution is -2.40. The van der Waals surface area contributed by atoms with Gasteiger partial charge in [-0.05, 0) is 38.3 Å². The number of rotatable bonds is 4. The van der Waals surface area contributed by atoms with Crippen LogP contribution < -0.4 is 0 Å². The molecular weight excluding hydrogens is 261 g/mol. The molecule has 1 atom stereocenters. The number of hydrogen-bond acceptors (Lipinski definition) is 1. The maximum Gasteiger partial charge on any atom is 0.0204 e. The monoisotopic (exact) mass is 279 g/mol. The lowest BCUT2D eigenvalue weighted by Gasteiger charge is -2.35. The number of likely N-dealkylation sites (tertiary alicyclic amines) is 1. The second-order valence-corrected chi connectivity index (χ2v) is 5.06. The molecule has 0 aromatic heterocycles. The van der Waals surface area contributed by atoms with Gasteiger partial charge in [0.25, 0.3) is 0 Å². The summed E-state index contributed by atoms with van der Waals surface area (Å²) in [4.78, 5) is 2.57. The van der Waals surface area contributed by atoms with Gasteiger partial charge in [0.1, 0.15) is 0 Å². The van der Waals surface area contributed by atoms with E-state index in [-0.39, 0.29) is 0 Å². The maximum absolute atomic E-state index is 5.70. The highest BCUT2D eigenvalue weighted by Gasteiger charge is 2.21. The molecule has 0 amide bonds. The summed E-state index contributed by atoms with van der Waals surface area (Å²) in [6.45, 7) is 4.38. The van der Waals surface area contributed by atoms with Crippen molar-refractivity contribution in [2.45, 2.75) is 38.6 Å². The van der Waals surface area contributed by atoms with Crippen molar-refractivity contribution in [3.8, 4) is 0 Å². The molecular formula is C11H19BrClN. The van der Waals surface area contributed by atoms with Crippen molar-refractivity contribution in [3.05, 3.63) is 11.1 Å². The molecule has 1 heterocycles. The van der Waals surface area contributed by atoms with E-state index in [1.807, 2.05) is 0 Å². The fourth-order valence-electron chi connectivity index (χ4n) is 2.08. The second-order valence-electron chi connectivity index (χ2n) is 4.05. The summed E-state index contributed by atoms with van der Waals surface area (Å²) in [6.07, 6.45) is 5.34. The summed E-state index contributed by atoms with van der Waals surface area (Å²) in [5.41, 5.74) is 2.98. The molecule has 1 fully saturated rings. The van der Waals surface area contributed by atoms with Gasteiger partial charge >= 0.3 is 0 Å². The highest BCUT2D eigenvalue weighted by molar-refractivity contribution is 9.09. The van der Waals surface area contributed by atoms with E-state index >= 15 is 0 Å². The molecule has 0 saturated carbocycles. The van der Waals surface area contributed by atoms with Crippen molar-refractivity contribution in [1.29, 1.82) is 0 Å². The zero-order valence-electron chi connectivity index (χ0n) is 8.81. The highest BCUT2D eigenvalue weighted by Crippen LogP contribution is 2.21. The Balaban J connectivity index is 2.45. The third kappa shape index (κ3) is 3.92. The van der Waals surface area contributed by atoms with Crippen LogP contribution in [0.15, 0.2) is 11.1 Å². The van der Waals surface area contributed by atoms with E-state index in [1.54, 1.807) is 5.54 Å². The van der Waals surface area contributed by atoms with Crippen molar-refractivity contribution in [1.82, 2.24) is 4.90 Å². The summed E-state index contributed by atoms with van der Waals surface area (Å²) in [7, 11) is 0. The van der Waals surface area contributed by atoms with Crippen LogP contribution in [0.5, 0.6) is 0 Å². The summed E-state index contributed by atoms with van der Waals surface area (Å²) >= 11 is 9.23. The fourth-order valence-corrected chi connectivity index (χ4v) is 2.67. The first-order chi connectivity index (χ1) is 6.77. The Morgan fingerprint density at radius 2 is 2.36 bits per heavy atom. The van der Waals surface area contributed by atoms with Gasteiger partial charge in [-0.1, -0.05) is 34.0 Å². The molecule has 3 heteroatoms. The average molecular weight is 281 g/mol. The smallest absolute Gasteiger partial charge is 0.0204 e. The lowest BCUT2D eigenvalue weighted by molar-refractivity contribution is 0.158. The Morgan fingerprint density at radius 1 is 1.57 bits per heavy atom. The Hall–Kier alpha value is 0.470. The Morgan fingerprint density at radius 3 is 3.00 bits per heavy atom. The van der Waals surface area contributed by atoms with Gasteiger partial charge in [0.15, 0.2) is 0 Å². The van der Waals surface area contributed by atoms with Crippen molar-refractivity contribution >= 4 is 27.5 Å². The molecule has 0 aromatic carbocycles. The van der Waals surface area contributed by atoms with Crippen molar-refractivity contribution < 1.29 is 0 Å².